The van der Waals surface area contributed by atoms with Gasteiger partial charge in [0.15, 0.2) is 0 Å². The predicted molar refractivity (Wildman–Crippen MR) is 47.8 cm³/mol. The van der Waals surface area contributed by atoms with Crippen LogP contribution in [-0.4, -0.2) is 24.0 Å². The third-order valence-corrected chi connectivity index (χ3v) is 1.43. The minimum Gasteiger partial charge on any atom is -0.618 e. The van der Waals surface area contributed by atoms with E-state index in [1.54, 1.807) is 30.3 Å². The van der Waals surface area contributed by atoms with Crippen molar-refractivity contribution in [3.05, 3.63) is 35.5 Å². The van der Waals surface area contributed by atoms with Crippen molar-refractivity contribution in [3.8, 4) is 0 Å². The van der Waals surface area contributed by atoms with Crippen LogP contribution < -0.4 is 0 Å². The first-order valence-corrected chi connectivity index (χ1v) is 3.68. The molecule has 0 heterocycles. The standard InChI is InChI=1S/C9H9NO3/c1-13-9(11)7-10(12)8-5-3-2-4-6-8/h2-7H,1H3/b10-7+. The van der Waals surface area contributed by atoms with Gasteiger partial charge in [-0.15, -0.1) is 0 Å². The number of para-hydroxylation sites is 1. The number of nitrogens with zero attached hydrogens (tertiary/aromatic N) is 1. The van der Waals surface area contributed by atoms with Gasteiger partial charge in [0.25, 0.3) is 6.21 Å². The van der Waals surface area contributed by atoms with Gasteiger partial charge < -0.3 is 9.94 Å². The summed E-state index contributed by atoms with van der Waals surface area (Å²) in [5, 5.41) is 11.2. The van der Waals surface area contributed by atoms with Crippen LogP contribution in [0.15, 0.2) is 30.3 Å². The predicted octanol–water partition coefficient (Wildman–Crippen LogP) is 1.07. The van der Waals surface area contributed by atoms with Gasteiger partial charge in [0.05, 0.1) is 7.11 Å². The van der Waals surface area contributed by atoms with Gasteiger partial charge in [-0.1, -0.05) is 18.2 Å². The highest BCUT2D eigenvalue weighted by Crippen LogP contribution is 2.07. The molecule has 0 N–H and O–H groups in total. The molecule has 68 valence electrons. The molecule has 0 aliphatic heterocycles. The zero-order chi connectivity index (χ0) is 9.68. The molecule has 0 unspecified atom stereocenters. The summed E-state index contributed by atoms with van der Waals surface area (Å²) in [5.74, 6) is -0.668. The molecule has 1 aromatic rings. The smallest absolute Gasteiger partial charge is 0.396 e. The summed E-state index contributed by atoms with van der Waals surface area (Å²) < 4.78 is 4.77. The second-order valence-electron chi connectivity index (χ2n) is 2.31. The lowest BCUT2D eigenvalue weighted by molar-refractivity contribution is -0.355. The molecule has 0 radical (unpaired) electrons. The average molecular weight is 179 g/mol. The maximum absolute atomic E-state index is 11.2. The van der Waals surface area contributed by atoms with Crippen molar-refractivity contribution >= 4 is 17.9 Å². The van der Waals surface area contributed by atoms with Crippen molar-refractivity contribution in [3.63, 3.8) is 0 Å². The zero-order valence-electron chi connectivity index (χ0n) is 7.14. The average Bonchev–Trinajstić information content (AvgIpc) is 2.19. The lowest BCUT2D eigenvalue weighted by Gasteiger charge is -2.00. The van der Waals surface area contributed by atoms with Gasteiger partial charge >= 0.3 is 5.97 Å². The summed E-state index contributed by atoms with van der Waals surface area (Å²) in [4.78, 5) is 10.7. The SMILES string of the molecule is COC(=O)/C=[N+](/[O-])c1ccccc1. The van der Waals surface area contributed by atoms with E-state index in [9.17, 15) is 10.0 Å². The van der Waals surface area contributed by atoms with E-state index in [0.29, 0.717) is 10.4 Å². The van der Waals surface area contributed by atoms with Gasteiger partial charge in [-0.3, -0.25) is 0 Å². The van der Waals surface area contributed by atoms with Crippen LogP contribution in [0.4, 0.5) is 5.69 Å². The molecule has 0 fully saturated rings. The molecule has 0 saturated heterocycles. The van der Waals surface area contributed by atoms with Crippen LogP contribution >= 0.6 is 0 Å². The molecule has 13 heavy (non-hydrogen) atoms. The monoisotopic (exact) mass is 179 g/mol. The van der Waals surface area contributed by atoms with Crippen LogP contribution in [0.2, 0.25) is 0 Å². The molecule has 0 bridgehead atoms. The van der Waals surface area contributed by atoms with Crippen molar-refractivity contribution in [2.75, 3.05) is 7.11 Å². The summed E-state index contributed by atoms with van der Waals surface area (Å²) >= 11 is 0. The van der Waals surface area contributed by atoms with Gasteiger partial charge in [0, 0.05) is 12.1 Å². The van der Waals surface area contributed by atoms with Crippen LogP contribution in [0, 0.1) is 5.21 Å². The molecule has 1 rings (SSSR count). The fraction of sp³-hybridized carbons (Fsp3) is 0.111. The maximum atomic E-state index is 11.2. The number of rotatable bonds is 2. The molecule has 1 aromatic carbocycles. The second kappa shape index (κ2) is 4.25. The van der Waals surface area contributed by atoms with E-state index in [2.05, 4.69) is 4.74 Å². The van der Waals surface area contributed by atoms with Crippen LogP contribution in [0.3, 0.4) is 0 Å². The third-order valence-electron chi connectivity index (χ3n) is 1.43. The number of hydrogen-bond donors (Lipinski definition) is 0. The minimum absolute atomic E-state index is 0.396. The summed E-state index contributed by atoms with van der Waals surface area (Å²) in [6.07, 6.45) is 0.843. The summed E-state index contributed by atoms with van der Waals surface area (Å²) in [5.41, 5.74) is 0.396. The Morgan fingerprint density at radius 1 is 1.46 bits per heavy atom. The van der Waals surface area contributed by atoms with E-state index in [0.717, 1.165) is 6.21 Å². The fourth-order valence-corrected chi connectivity index (χ4v) is 0.798. The summed E-state index contributed by atoms with van der Waals surface area (Å²) in [7, 11) is 1.22. The number of ether oxygens (including phenoxy) is 1. The van der Waals surface area contributed by atoms with Crippen LogP contribution in [0.5, 0.6) is 0 Å². The Morgan fingerprint density at radius 3 is 2.62 bits per heavy atom. The Morgan fingerprint density at radius 2 is 2.08 bits per heavy atom. The first kappa shape index (κ1) is 9.25. The number of methoxy groups -OCH3 is 1. The quantitative estimate of drug-likeness (QED) is 0.224. The molecule has 0 spiro atoms. The number of benzene rings is 1. The Balaban J connectivity index is 2.85. The number of esters is 1. The molecule has 0 aliphatic carbocycles. The van der Waals surface area contributed by atoms with Gasteiger partial charge in [-0.25, -0.2) is 4.79 Å². The van der Waals surface area contributed by atoms with E-state index in [-0.39, 0.29) is 0 Å². The molecular formula is C9H9NO3. The molecule has 0 atom stereocenters. The lowest BCUT2D eigenvalue weighted by Crippen LogP contribution is -2.09. The van der Waals surface area contributed by atoms with E-state index in [1.165, 1.54) is 7.11 Å². The first-order valence-electron chi connectivity index (χ1n) is 3.68. The highest BCUT2D eigenvalue weighted by Gasteiger charge is 2.03. The number of carbonyl (C=O) groups excluding carboxylic acids is 1. The van der Waals surface area contributed by atoms with Crippen molar-refractivity contribution in [2.45, 2.75) is 0 Å². The van der Waals surface area contributed by atoms with Crippen molar-refractivity contribution < 1.29 is 14.3 Å². The molecule has 0 saturated carbocycles. The summed E-state index contributed by atoms with van der Waals surface area (Å²) in [6, 6.07) is 8.42. The van der Waals surface area contributed by atoms with Crippen molar-refractivity contribution in [1.29, 1.82) is 0 Å². The Labute approximate surface area is 75.7 Å². The molecule has 4 heteroatoms. The lowest BCUT2D eigenvalue weighted by atomic mass is 10.3. The topological polar surface area (TPSA) is 52.4 Å². The highest BCUT2D eigenvalue weighted by atomic mass is 16.5. The zero-order valence-corrected chi connectivity index (χ0v) is 7.14. The van der Waals surface area contributed by atoms with Crippen molar-refractivity contribution in [1.82, 2.24) is 0 Å². The Kier molecular flexibility index (Phi) is 3.03. The van der Waals surface area contributed by atoms with Gasteiger partial charge in [0.1, 0.15) is 0 Å². The van der Waals surface area contributed by atoms with Crippen LogP contribution in [-0.2, 0) is 9.53 Å². The molecular weight excluding hydrogens is 170 g/mol. The normalized spacial score (nSPS) is 11.0. The van der Waals surface area contributed by atoms with Crippen LogP contribution in [0.1, 0.15) is 0 Å². The fourth-order valence-electron chi connectivity index (χ4n) is 0.798. The first-order chi connectivity index (χ1) is 6.24. The molecule has 0 aliphatic rings. The highest BCUT2D eigenvalue weighted by molar-refractivity contribution is 6.21. The van der Waals surface area contributed by atoms with Crippen LogP contribution in [0.25, 0.3) is 0 Å². The van der Waals surface area contributed by atoms with E-state index < -0.39 is 5.97 Å². The number of hydrogen-bond acceptors (Lipinski definition) is 3. The molecule has 0 aromatic heterocycles. The Hall–Kier alpha value is -1.84. The van der Waals surface area contributed by atoms with E-state index in [1.807, 2.05) is 0 Å². The molecule has 0 amide bonds. The maximum Gasteiger partial charge on any atom is 0.396 e. The number of carbonyl (C=O) groups is 1. The minimum atomic E-state index is -0.668. The van der Waals surface area contributed by atoms with E-state index in [4.69, 9.17) is 0 Å². The van der Waals surface area contributed by atoms with Gasteiger partial charge in [0.2, 0.25) is 5.69 Å². The molecule has 4 nitrogen and oxygen atoms in total. The second-order valence-corrected chi connectivity index (χ2v) is 2.31. The van der Waals surface area contributed by atoms with Crippen molar-refractivity contribution in [2.24, 2.45) is 0 Å². The van der Waals surface area contributed by atoms with Gasteiger partial charge in [-0.2, -0.15) is 4.74 Å². The third kappa shape index (κ3) is 2.59. The summed E-state index contributed by atoms with van der Waals surface area (Å²) in [6.45, 7) is 0. The van der Waals surface area contributed by atoms with Gasteiger partial charge in [-0.05, 0) is 0 Å². The Bertz CT molecular complexity index is 319. The van der Waals surface area contributed by atoms with E-state index >= 15 is 0 Å². The largest absolute Gasteiger partial charge is 0.618 e.